The van der Waals surface area contributed by atoms with Crippen molar-refractivity contribution >= 4 is 21.6 Å². The largest absolute Gasteiger partial charge is 0.319 e. The first-order chi connectivity index (χ1) is 8.95. The fraction of sp³-hybridized carbons (Fsp3) is 0.538. The minimum absolute atomic E-state index is 0.213. The molecule has 19 heavy (non-hydrogen) atoms. The molecule has 0 bridgehead atoms. The van der Waals surface area contributed by atoms with Gasteiger partial charge in [0.05, 0.1) is 5.02 Å². The van der Waals surface area contributed by atoms with Crippen LogP contribution in [0.15, 0.2) is 23.1 Å². The normalized spacial score (nSPS) is 20.9. The average molecular weight is 303 g/mol. The molecular weight excluding hydrogens is 284 g/mol. The second-order valence-corrected chi connectivity index (χ2v) is 7.32. The maximum absolute atomic E-state index is 12.5. The first-order valence-corrected chi connectivity index (χ1v) is 8.18. The third-order valence-corrected chi connectivity index (χ3v) is 5.79. The third kappa shape index (κ3) is 3.11. The zero-order valence-electron chi connectivity index (χ0n) is 11.2. The van der Waals surface area contributed by atoms with Gasteiger partial charge in [0, 0.05) is 13.1 Å². The van der Waals surface area contributed by atoms with E-state index in [9.17, 15) is 8.42 Å². The van der Waals surface area contributed by atoms with Crippen molar-refractivity contribution in [2.24, 2.45) is 5.92 Å². The molecule has 0 radical (unpaired) electrons. The van der Waals surface area contributed by atoms with Crippen molar-refractivity contribution in [3.8, 4) is 0 Å². The maximum atomic E-state index is 12.5. The summed E-state index contributed by atoms with van der Waals surface area (Å²) in [7, 11) is -1.58. The number of benzene rings is 1. The van der Waals surface area contributed by atoms with Crippen molar-refractivity contribution in [2.45, 2.75) is 18.2 Å². The van der Waals surface area contributed by atoms with Gasteiger partial charge in [0.2, 0.25) is 10.0 Å². The lowest BCUT2D eigenvalue weighted by molar-refractivity contribution is 0.451. The topological polar surface area (TPSA) is 49.4 Å². The zero-order valence-corrected chi connectivity index (χ0v) is 12.8. The second-order valence-electron chi connectivity index (χ2n) is 5.01. The summed E-state index contributed by atoms with van der Waals surface area (Å²) < 4.78 is 26.6. The van der Waals surface area contributed by atoms with Gasteiger partial charge in [-0.2, -0.15) is 4.31 Å². The summed E-state index contributed by atoms with van der Waals surface area (Å²) in [6.07, 6.45) is 0.892. The molecule has 4 nitrogen and oxygen atoms in total. The molecule has 1 unspecified atom stereocenters. The molecule has 1 N–H and O–H groups in total. The summed E-state index contributed by atoms with van der Waals surface area (Å²) >= 11 is 6.07. The first kappa shape index (κ1) is 14.8. The molecule has 2 rings (SSSR count). The minimum atomic E-state index is -3.46. The molecule has 1 fully saturated rings. The van der Waals surface area contributed by atoms with Crippen molar-refractivity contribution in [1.29, 1.82) is 0 Å². The second kappa shape index (κ2) is 5.79. The summed E-state index contributed by atoms with van der Waals surface area (Å²) in [5, 5.41) is 3.40. The van der Waals surface area contributed by atoms with E-state index in [0.29, 0.717) is 24.0 Å². The number of aryl methyl sites for hydroxylation is 1. The van der Waals surface area contributed by atoms with Crippen molar-refractivity contribution in [1.82, 2.24) is 9.62 Å². The standard InChI is InChI=1S/C13H19ClN2O2S/c1-10-3-4-13(12(14)7-10)19(17,18)16-6-5-11(9-16)8-15-2/h3-4,7,11,15H,5-6,8-9H2,1-2H3. The van der Waals surface area contributed by atoms with Gasteiger partial charge in [-0.15, -0.1) is 0 Å². The highest BCUT2D eigenvalue weighted by Crippen LogP contribution is 2.29. The molecule has 6 heteroatoms. The third-order valence-electron chi connectivity index (χ3n) is 3.45. The zero-order chi connectivity index (χ0) is 14.0. The minimum Gasteiger partial charge on any atom is -0.319 e. The Hall–Kier alpha value is -0.620. The van der Waals surface area contributed by atoms with Gasteiger partial charge in [-0.1, -0.05) is 17.7 Å². The average Bonchev–Trinajstić information content (AvgIpc) is 2.78. The Balaban J connectivity index is 2.23. The van der Waals surface area contributed by atoms with Crippen LogP contribution in [0.4, 0.5) is 0 Å². The SMILES string of the molecule is CNCC1CCN(S(=O)(=O)c2ccc(C)cc2Cl)C1. The number of nitrogens with one attached hydrogen (secondary N) is 1. The van der Waals surface area contributed by atoms with E-state index < -0.39 is 10.0 Å². The van der Waals surface area contributed by atoms with E-state index in [-0.39, 0.29) is 4.90 Å². The van der Waals surface area contributed by atoms with Crippen molar-refractivity contribution in [3.05, 3.63) is 28.8 Å². The molecule has 0 aromatic heterocycles. The monoisotopic (exact) mass is 302 g/mol. The smallest absolute Gasteiger partial charge is 0.244 e. The molecule has 1 aliphatic heterocycles. The number of hydrogen-bond donors (Lipinski definition) is 1. The summed E-state index contributed by atoms with van der Waals surface area (Å²) in [6.45, 7) is 3.86. The highest BCUT2D eigenvalue weighted by Gasteiger charge is 2.33. The van der Waals surface area contributed by atoms with Gasteiger partial charge in [0.1, 0.15) is 4.90 Å². The van der Waals surface area contributed by atoms with Gasteiger partial charge in [-0.3, -0.25) is 0 Å². The van der Waals surface area contributed by atoms with Crippen molar-refractivity contribution in [3.63, 3.8) is 0 Å². The summed E-state index contributed by atoms with van der Waals surface area (Å²) in [6, 6.07) is 5.06. The van der Waals surface area contributed by atoms with Crippen LogP contribution < -0.4 is 5.32 Å². The van der Waals surface area contributed by atoms with E-state index in [2.05, 4.69) is 5.32 Å². The molecule has 1 aliphatic rings. The van der Waals surface area contributed by atoms with Crippen LogP contribution in [0.2, 0.25) is 5.02 Å². The van der Waals surface area contributed by atoms with E-state index in [4.69, 9.17) is 11.6 Å². The molecule has 0 aliphatic carbocycles. The van der Waals surface area contributed by atoms with E-state index in [1.807, 2.05) is 14.0 Å². The van der Waals surface area contributed by atoms with Crippen molar-refractivity contribution < 1.29 is 8.42 Å². The Morgan fingerprint density at radius 2 is 2.21 bits per heavy atom. The maximum Gasteiger partial charge on any atom is 0.244 e. The van der Waals surface area contributed by atoms with Crippen LogP contribution in [0, 0.1) is 12.8 Å². The van der Waals surface area contributed by atoms with Crippen LogP contribution in [0.25, 0.3) is 0 Å². The van der Waals surface area contributed by atoms with Crippen LogP contribution in [0.1, 0.15) is 12.0 Å². The molecule has 1 atom stereocenters. The predicted octanol–water partition coefficient (Wildman–Crippen LogP) is 1.88. The number of hydrogen-bond acceptors (Lipinski definition) is 3. The van der Waals surface area contributed by atoms with Crippen molar-refractivity contribution in [2.75, 3.05) is 26.7 Å². The lowest BCUT2D eigenvalue weighted by Crippen LogP contribution is -2.30. The van der Waals surface area contributed by atoms with Gasteiger partial charge in [0.25, 0.3) is 0 Å². The van der Waals surface area contributed by atoms with Crippen LogP contribution in [0.5, 0.6) is 0 Å². The number of rotatable bonds is 4. The van der Waals surface area contributed by atoms with Crippen LogP contribution in [-0.4, -0.2) is 39.4 Å². The molecule has 106 valence electrons. The molecular formula is C13H19ClN2O2S. The van der Waals surface area contributed by atoms with Gasteiger partial charge in [-0.05, 0) is 50.6 Å². The Morgan fingerprint density at radius 1 is 1.47 bits per heavy atom. The van der Waals surface area contributed by atoms with Gasteiger partial charge in [-0.25, -0.2) is 8.42 Å². The lowest BCUT2D eigenvalue weighted by atomic mass is 10.1. The van der Waals surface area contributed by atoms with Crippen LogP contribution in [0.3, 0.4) is 0 Å². The van der Waals surface area contributed by atoms with E-state index in [1.54, 1.807) is 18.2 Å². The predicted molar refractivity (Wildman–Crippen MR) is 77.0 cm³/mol. The molecule has 0 amide bonds. The quantitative estimate of drug-likeness (QED) is 0.924. The Bertz CT molecular complexity index is 560. The van der Waals surface area contributed by atoms with E-state index in [1.165, 1.54) is 4.31 Å². The number of halogens is 1. The van der Waals surface area contributed by atoms with Gasteiger partial charge < -0.3 is 5.32 Å². The molecule has 0 spiro atoms. The lowest BCUT2D eigenvalue weighted by Gasteiger charge is -2.17. The van der Waals surface area contributed by atoms with E-state index >= 15 is 0 Å². The molecule has 1 heterocycles. The highest BCUT2D eigenvalue weighted by molar-refractivity contribution is 7.89. The highest BCUT2D eigenvalue weighted by atomic mass is 35.5. The Kier molecular flexibility index (Phi) is 4.50. The number of nitrogens with zero attached hydrogens (tertiary/aromatic N) is 1. The fourth-order valence-electron chi connectivity index (χ4n) is 2.42. The first-order valence-electron chi connectivity index (χ1n) is 6.36. The molecule has 0 saturated carbocycles. The van der Waals surface area contributed by atoms with Crippen LogP contribution in [-0.2, 0) is 10.0 Å². The van der Waals surface area contributed by atoms with E-state index in [0.717, 1.165) is 18.5 Å². The molecule has 1 aromatic rings. The summed E-state index contributed by atoms with van der Waals surface area (Å²) in [4.78, 5) is 0.213. The summed E-state index contributed by atoms with van der Waals surface area (Å²) in [5.41, 5.74) is 0.957. The van der Waals surface area contributed by atoms with Crippen LogP contribution >= 0.6 is 11.6 Å². The Labute approximate surface area is 119 Å². The number of sulfonamides is 1. The Morgan fingerprint density at radius 3 is 2.84 bits per heavy atom. The fourth-order valence-corrected chi connectivity index (χ4v) is 4.53. The molecule has 1 aromatic carbocycles. The van der Waals surface area contributed by atoms with Gasteiger partial charge >= 0.3 is 0 Å². The van der Waals surface area contributed by atoms with Gasteiger partial charge in [0.15, 0.2) is 0 Å². The molecule has 1 saturated heterocycles. The summed E-state index contributed by atoms with van der Waals surface area (Å²) in [5.74, 6) is 0.379.